The van der Waals surface area contributed by atoms with Crippen LogP contribution in [-0.4, -0.2) is 22.7 Å². The summed E-state index contributed by atoms with van der Waals surface area (Å²) in [7, 11) is 0. The van der Waals surface area contributed by atoms with Gasteiger partial charge in [-0.25, -0.2) is 4.98 Å². The number of nitrogens with zero attached hydrogens (tertiary/aromatic N) is 1. The summed E-state index contributed by atoms with van der Waals surface area (Å²) in [6, 6.07) is 0.836. The van der Waals surface area contributed by atoms with E-state index < -0.39 is 18.0 Å². The second-order valence-electron chi connectivity index (χ2n) is 4.35. The topological polar surface area (TPSA) is 71.2 Å². The number of nitrogens with one attached hydrogen (secondary N) is 1. The average Bonchev–Trinajstić information content (AvgIpc) is 2.25. The Balaban J connectivity index is 2.82. The van der Waals surface area contributed by atoms with Gasteiger partial charge >= 0.3 is 6.18 Å². The lowest BCUT2D eigenvalue weighted by Gasteiger charge is -2.17. The number of aliphatic hydroxyl groups is 1. The number of hydrogen-bond acceptors (Lipinski definition) is 4. The van der Waals surface area contributed by atoms with Gasteiger partial charge < -0.3 is 16.2 Å². The summed E-state index contributed by atoms with van der Waals surface area (Å²) < 4.78 is 37.3. The van der Waals surface area contributed by atoms with Gasteiger partial charge in [0, 0.05) is 6.54 Å². The molecule has 4 nitrogen and oxygen atoms in total. The Morgan fingerprint density at radius 3 is 2.56 bits per heavy atom. The molecular weight excluding hydrogens is 247 g/mol. The molecule has 0 radical (unpaired) electrons. The van der Waals surface area contributed by atoms with E-state index in [1.807, 2.05) is 13.8 Å². The van der Waals surface area contributed by atoms with Crippen LogP contribution in [0.4, 0.5) is 24.5 Å². The molecule has 1 unspecified atom stereocenters. The Morgan fingerprint density at radius 2 is 2.06 bits per heavy atom. The van der Waals surface area contributed by atoms with Crippen molar-refractivity contribution in [3.05, 3.63) is 18.0 Å². The van der Waals surface area contributed by atoms with Crippen LogP contribution in [0.25, 0.3) is 0 Å². The standard InChI is InChI=1S/C11H16F3N3O/c1-6(2)9(18)5-16-8-3-10(11(12,13)14)17-4-7(8)15/h3-4,6,9,18H,5,15H2,1-2H3,(H,16,17). The van der Waals surface area contributed by atoms with Gasteiger partial charge in [-0.15, -0.1) is 0 Å². The van der Waals surface area contributed by atoms with Crippen molar-refractivity contribution in [1.29, 1.82) is 0 Å². The SMILES string of the molecule is CC(C)C(O)CNc1cc(C(F)(F)F)ncc1N. The molecule has 0 amide bonds. The van der Waals surface area contributed by atoms with Gasteiger partial charge in [-0.05, 0) is 12.0 Å². The number of alkyl halides is 3. The minimum absolute atomic E-state index is 0.00245. The molecule has 1 heterocycles. The van der Waals surface area contributed by atoms with Gasteiger partial charge in [-0.2, -0.15) is 13.2 Å². The summed E-state index contributed by atoms with van der Waals surface area (Å²) in [5, 5.41) is 12.3. The number of rotatable bonds is 4. The minimum atomic E-state index is -4.51. The first kappa shape index (κ1) is 14.6. The maximum absolute atomic E-state index is 12.4. The van der Waals surface area contributed by atoms with Gasteiger partial charge in [-0.3, -0.25) is 0 Å². The van der Waals surface area contributed by atoms with Crippen LogP contribution < -0.4 is 11.1 Å². The average molecular weight is 263 g/mol. The lowest BCUT2D eigenvalue weighted by molar-refractivity contribution is -0.141. The first-order valence-electron chi connectivity index (χ1n) is 5.46. The number of nitrogen functional groups attached to an aromatic ring is 1. The van der Waals surface area contributed by atoms with E-state index in [-0.39, 0.29) is 23.8 Å². The molecule has 18 heavy (non-hydrogen) atoms. The molecule has 0 aliphatic heterocycles. The highest BCUT2D eigenvalue weighted by Gasteiger charge is 2.32. The predicted octanol–water partition coefficient (Wildman–Crippen LogP) is 2.11. The minimum Gasteiger partial charge on any atom is -0.396 e. The van der Waals surface area contributed by atoms with Gasteiger partial charge in [-0.1, -0.05) is 13.8 Å². The van der Waals surface area contributed by atoms with Gasteiger partial charge in [0.1, 0.15) is 5.69 Å². The highest BCUT2D eigenvalue weighted by Crippen LogP contribution is 2.31. The van der Waals surface area contributed by atoms with Crippen LogP contribution in [-0.2, 0) is 6.18 Å². The van der Waals surface area contributed by atoms with Crippen molar-refractivity contribution in [2.75, 3.05) is 17.6 Å². The third-order valence-corrected chi connectivity index (χ3v) is 2.50. The van der Waals surface area contributed by atoms with Crippen LogP contribution in [0.5, 0.6) is 0 Å². The second-order valence-corrected chi connectivity index (χ2v) is 4.35. The molecule has 0 fully saturated rings. The maximum Gasteiger partial charge on any atom is 0.433 e. The first-order chi connectivity index (χ1) is 8.21. The van der Waals surface area contributed by atoms with E-state index in [9.17, 15) is 18.3 Å². The molecule has 0 bridgehead atoms. The number of aromatic nitrogens is 1. The summed E-state index contributed by atoms with van der Waals surface area (Å²) >= 11 is 0. The highest BCUT2D eigenvalue weighted by molar-refractivity contribution is 5.65. The van der Waals surface area contributed by atoms with Crippen molar-refractivity contribution < 1.29 is 18.3 Å². The molecule has 0 saturated carbocycles. The number of halogens is 3. The van der Waals surface area contributed by atoms with Crippen molar-refractivity contribution >= 4 is 11.4 Å². The van der Waals surface area contributed by atoms with Crippen molar-refractivity contribution in [2.24, 2.45) is 5.92 Å². The van der Waals surface area contributed by atoms with Crippen LogP contribution >= 0.6 is 0 Å². The Bertz CT molecular complexity index is 407. The fourth-order valence-corrected chi connectivity index (χ4v) is 1.22. The second kappa shape index (κ2) is 5.43. The highest BCUT2D eigenvalue weighted by atomic mass is 19.4. The zero-order valence-electron chi connectivity index (χ0n) is 10.1. The molecule has 0 aliphatic rings. The molecule has 0 aliphatic carbocycles. The molecule has 7 heteroatoms. The van der Waals surface area contributed by atoms with Crippen molar-refractivity contribution in [2.45, 2.75) is 26.1 Å². The fourth-order valence-electron chi connectivity index (χ4n) is 1.22. The van der Waals surface area contributed by atoms with E-state index in [2.05, 4.69) is 10.3 Å². The number of pyridine rings is 1. The van der Waals surface area contributed by atoms with E-state index >= 15 is 0 Å². The van der Waals surface area contributed by atoms with E-state index in [1.165, 1.54) is 0 Å². The smallest absolute Gasteiger partial charge is 0.396 e. The lowest BCUT2D eigenvalue weighted by Crippen LogP contribution is -2.25. The molecule has 4 N–H and O–H groups in total. The Kier molecular flexibility index (Phi) is 4.39. The zero-order chi connectivity index (χ0) is 13.9. The van der Waals surface area contributed by atoms with E-state index in [0.717, 1.165) is 12.3 Å². The zero-order valence-corrected chi connectivity index (χ0v) is 10.1. The van der Waals surface area contributed by atoms with Crippen molar-refractivity contribution in [3.8, 4) is 0 Å². The Morgan fingerprint density at radius 1 is 1.44 bits per heavy atom. The molecule has 1 aromatic heterocycles. The van der Waals surface area contributed by atoms with Crippen LogP contribution in [0.15, 0.2) is 12.3 Å². The van der Waals surface area contributed by atoms with Crippen LogP contribution in [0.1, 0.15) is 19.5 Å². The summed E-state index contributed by atoms with van der Waals surface area (Å²) in [6.07, 6.45) is -4.22. The van der Waals surface area contributed by atoms with Crippen LogP contribution in [0.2, 0.25) is 0 Å². The summed E-state index contributed by atoms with van der Waals surface area (Å²) in [6.45, 7) is 3.75. The molecule has 0 aromatic carbocycles. The van der Waals surface area contributed by atoms with Crippen LogP contribution in [0.3, 0.4) is 0 Å². The monoisotopic (exact) mass is 263 g/mol. The van der Waals surface area contributed by atoms with E-state index in [0.29, 0.717) is 0 Å². The molecule has 1 rings (SSSR count). The molecule has 0 saturated heterocycles. The Labute approximate surface area is 103 Å². The summed E-state index contributed by atoms with van der Waals surface area (Å²) in [4.78, 5) is 3.22. The fraction of sp³-hybridized carbons (Fsp3) is 0.545. The lowest BCUT2D eigenvalue weighted by atomic mass is 10.1. The predicted molar refractivity (Wildman–Crippen MR) is 63.0 cm³/mol. The molecule has 1 aromatic rings. The van der Waals surface area contributed by atoms with E-state index in [1.54, 1.807) is 0 Å². The van der Waals surface area contributed by atoms with E-state index in [4.69, 9.17) is 5.73 Å². The maximum atomic E-state index is 12.4. The quantitative estimate of drug-likeness (QED) is 0.778. The number of hydrogen-bond donors (Lipinski definition) is 3. The van der Waals surface area contributed by atoms with Crippen LogP contribution in [0, 0.1) is 5.92 Å². The van der Waals surface area contributed by atoms with Gasteiger partial charge in [0.25, 0.3) is 0 Å². The third kappa shape index (κ3) is 3.76. The first-order valence-corrected chi connectivity index (χ1v) is 5.46. The van der Waals surface area contributed by atoms with Crippen molar-refractivity contribution in [1.82, 2.24) is 4.98 Å². The normalized spacial score (nSPS) is 13.7. The molecule has 0 spiro atoms. The molecule has 102 valence electrons. The largest absolute Gasteiger partial charge is 0.433 e. The number of anilines is 2. The Hall–Kier alpha value is -1.50. The molecule has 1 atom stereocenters. The van der Waals surface area contributed by atoms with Gasteiger partial charge in [0.05, 0.1) is 23.7 Å². The number of nitrogens with two attached hydrogens (primary N) is 1. The van der Waals surface area contributed by atoms with Gasteiger partial charge in [0.2, 0.25) is 0 Å². The number of aliphatic hydroxyl groups excluding tert-OH is 1. The van der Waals surface area contributed by atoms with Gasteiger partial charge in [0.15, 0.2) is 0 Å². The summed E-state index contributed by atoms with van der Waals surface area (Å²) in [5.74, 6) is 0.00245. The molecular formula is C11H16F3N3O. The third-order valence-electron chi connectivity index (χ3n) is 2.50. The van der Waals surface area contributed by atoms with Crippen molar-refractivity contribution in [3.63, 3.8) is 0 Å². The summed E-state index contributed by atoms with van der Waals surface area (Å²) in [5.41, 5.74) is 4.74.